The minimum absolute atomic E-state index is 0.0343. The summed E-state index contributed by atoms with van der Waals surface area (Å²) >= 11 is 0. The monoisotopic (exact) mass is 431 g/mol. The fraction of sp³-hybridized carbons (Fsp3) is 0.333. The predicted octanol–water partition coefficient (Wildman–Crippen LogP) is 5.10. The van der Waals surface area contributed by atoms with Crippen LogP contribution in [0.1, 0.15) is 63.0 Å². The molecule has 3 atom stereocenters. The number of allylic oxidation sites excluding steroid dienone is 3. The molecule has 0 unspecified atom stereocenters. The number of carbonyl (C=O) groups excluding carboxylic acids is 2. The molecule has 0 saturated carbocycles. The Hall–Kier alpha value is -3.34. The molecule has 2 N–H and O–H groups in total. The van der Waals surface area contributed by atoms with Gasteiger partial charge in [-0.1, -0.05) is 49.4 Å². The van der Waals surface area contributed by atoms with Crippen LogP contribution >= 0.6 is 0 Å². The maximum atomic E-state index is 13.5. The van der Waals surface area contributed by atoms with Gasteiger partial charge in [0.1, 0.15) is 5.75 Å². The van der Waals surface area contributed by atoms with Gasteiger partial charge >= 0.3 is 5.97 Å². The van der Waals surface area contributed by atoms with Crippen molar-refractivity contribution in [3.8, 4) is 5.75 Å². The fourth-order valence-corrected chi connectivity index (χ4v) is 4.60. The van der Waals surface area contributed by atoms with Gasteiger partial charge in [0.05, 0.1) is 11.7 Å². The molecule has 5 nitrogen and oxygen atoms in total. The zero-order valence-electron chi connectivity index (χ0n) is 18.7. The maximum Gasteiger partial charge on any atom is 0.337 e. The van der Waals surface area contributed by atoms with E-state index in [2.05, 4.69) is 17.4 Å². The van der Waals surface area contributed by atoms with Crippen molar-refractivity contribution in [2.45, 2.75) is 58.0 Å². The second-order valence-electron chi connectivity index (χ2n) is 8.64. The number of phenolic OH excluding ortho intramolecular Hbond substituents is 1. The van der Waals surface area contributed by atoms with Crippen LogP contribution in [0.3, 0.4) is 0 Å². The van der Waals surface area contributed by atoms with Gasteiger partial charge in [0.25, 0.3) is 0 Å². The molecule has 5 heteroatoms. The molecule has 0 amide bonds. The number of ketones is 1. The summed E-state index contributed by atoms with van der Waals surface area (Å²) in [6.45, 7) is 5.69. The molecule has 32 heavy (non-hydrogen) atoms. The third-order valence-electron chi connectivity index (χ3n) is 6.43. The van der Waals surface area contributed by atoms with Crippen LogP contribution in [0.25, 0.3) is 0 Å². The average molecular weight is 432 g/mol. The lowest BCUT2D eigenvalue weighted by Gasteiger charge is -2.37. The summed E-state index contributed by atoms with van der Waals surface area (Å²) in [5.74, 6) is -0.663. The van der Waals surface area contributed by atoms with Crippen molar-refractivity contribution in [2.24, 2.45) is 0 Å². The zero-order valence-corrected chi connectivity index (χ0v) is 18.7. The van der Waals surface area contributed by atoms with E-state index in [4.69, 9.17) is 4.74 Å². The normalized spacial score (nSPS) is 21.7. The van der Waals surface area contributed by atoms with Gasteiger partial charge in [0.2, 0.25) is 0 Å². The van der Waals surface area contributed by atoms with E-state index in [9.17, 15) is 14.7 Å². The molecule has 2 aromatic rings. The van der Waals surface area contributed by atoms with E-state index >= 15 is 0 Å². The number of dihydropyridines is 1. The van der Waals surface area contributed by atoms with E-state index < -0.39 is 11.9 Å². The number of hydrogen-bond acceptors (Lipinski definition) is 5. The molecular formula is C27H29NO4. The Balaban J connectivity index is 1.78. The highest BCUT2D eigenvalue weighted by atomic mass is 16.5. The van der Waals surface area contributed by atoms with Crippen LogP contribution < -0.4 is 5.32 Å². The molecule has 4 rings (SSSR count). The summed E-state index contributed by atoms with van der Waals surface area (Å²) in [5, 5.41) is 13.2. The molecule has 1 aliphatic carbocycles. The molecule has 2 aliphatic rings. The Bertz CT molecular complexity index is 1080. The lowest BCUT2D eigenvalue weighted by atomic mass is 9.71. The quantitative estimate of drug-likeness (QED) is 0.645. The summed E-state index contributed by atoms with van der Waals surface area (Å²) in [5.41, 5.74) is 4.59. The Morgan fingerprint density at radius 2 is 1.78 bits per heavy atom. The van der Waals surface area contributed by atoms with Gasteiger partial charge in [0.15, 0.2) is 5.78 Å². The standard InChI is InChI=1S/C27H29NO4/c1-4-16(2)32-27(31)24-17(3)28-22-14-20(18-8-6-5-7-9-18)15-23(30)26(22)25(24)19-10-12-21(29)13-11-19/h5-13,16,20,25,28-29H,4,14-15H2,1-3H3/t16-,20+,25+/m1/s1. The van der Waals surface area contributed by atoms with Crippen LogP contribution in [0.4, 0.5) is 0 Å². The van der Waals surface area contributed by atoms with Crippen LogP contribution in [-0.2, 0) is 14.3 Å². The fourth-order valence-electron chi connectivity index (χ4n) is 4.60. The predicted molar refractivity (Wildman–Crippen MR) is 123 cm³/mol. The number of Topliss-reactive ketones (excluding diaryl/α,β-unsaturated/α-hetero) is 1. The first-order valence-corrected chi connectivity index (χ1v) is 11.2. The van der Waals surface area contributed by atoms with Crippen molar-refractivity contribution in [1.29, 1.82) is 0 Å². The smallest absolute Gasteiger partial charge is 0.337 e. The molecule has 0 spiro atoms. The number of carbonyl (C=O) groups is 2. The first-order valence-electron chi connectivity index (χ1n) is 11.2. The second-order valence-corrected chi connectivity index (χ2v) is 8.64. The molecule has 2 aromatic carbocycles. The van der Waals surface area contributed by atoms with Crippen molar-refractivity contribution < 1.29 is 19.4 Å². The third kappa shape index (κ3) is 4.20. The van der Waals surface area contributed by atoms with Crippen LogP contribution in [0, 0.1) is 0 Å². The molecule has 0 bridgehead atoms. The van der Waals surface area contributed by atoms with E-state index in [-0.39, 0.29) is 23.6 Å². The number of hydrogen-bond donors (Lipinski definition) is 2. The van der Waals surface area contributed by atoms with Gasteiger partial charge in [-0.25, -0.2) is 4.79 Å². The zero-order chi connectivity index (χ0) is 22.8. The van der Waals surface area contributed by atoms with E-state index in [1.807, 2.05) is 39.0 Å². The molecule has 166 valence electrons. The Morgan fingerprint density at radius 1 is 1.09 bits per heavy atom. The Kier molecular flexibility index (Phi) is 6.17. The van der Waals surface area contributed by atoms with Gasteiger partial charge in [-0.2, -0.15) is 0 Å². The molecule has 0 radical (unpaired) electrons. The summed E-state index contributed by atoms with van der Waals surface area (Å²) < 4.78 is 5.67. The summed E-state index contributed by atoms with van der Waals surface area (Å²) in [6.07, 6.45) is 1.58. The van der Waals surface area contributed by atoms with Crippen molar-refractivity contribution in [3.63, 3.8) is 0 Å². The van der Waals surface area contributed by atoms with Crippen molar-refractivity contribution in [3.05, 3.63) is 88.3 Å². The topological polar surface area (TPSA) is 75.6 Å². The van der Waals surface area contributed by atoms with Gasteiger partial charge in [-0.3, -0.25) is 4.79 Å². The number of phenols is 1. The van der Waals surface area contributed by atoms with E-state index in [1.165, 1.54) is 0 Å². The third-order valence-corrected chi connectivity index (χ3v) is 6.43. The van der Waals surface area contributed by atoms with Crippen LogP contribution in [-0.4, -0.2) is 23.0 Å². The summed E-state index contributed by atoms with van der Waals surface area (Å²) in [6, 6.07) is 16.8. The largest absolute Gasteiger partial charge is 0.508 e. The van der Waals surface area contributed by atoms with E-state index in [1.54, 1.807) is 24.3 Å². The highest BCUT2D eigenvalue weighted by Gasteiger charge is 2.41. The first kappa shape index (κ1) is 21.9. The molecule has 0 aromatic heterocycles. The molecule has 1 heterocycles. The van der Waals surface area contributed by atoms with Gasteiger partial charge in [-0.15, -0.1) is 0 Å². The highest BCUT2D eigenvalue weighted by molar-refractivity contribution is 6.04. The number of esters is 1. The molecule has 1 aliphatic heterocycles. The minimum atomic E-state index is -0.521. The number of ether oxygens (including phenoxy) is 1. The number of rotatable bonds is 5. The number of aromatic hydroxyl groups is 1. The van der Waals surface area contributed by atoms with E-state index in [0.717, 1.165) is 16.8 Å². The Morgan fingerprint density at radius 3 is 2.44 bits per heavy atom. The Labute approximate surface area is 188 Å². The van der Waals surface area contributed by atoms with Crippen LogP contribution in [0.2, 0.25) is 0 Å². The van der Waals surface area contributed by atoms with E-state index in [0.29, 0.717) is 36.1 Å². The van der Waals surface area contributed by atoms with Crippen LogP contribution in [0.5, 0.6) is 5.75 Å². The summed E-state index contributed by atoms with van der Waals surface area (Å²) in [7, 11) is 0. The molecular weight excluding hydrogens is 402 g/mol. The van der Waals surface area contributed by atoms with Gasteiger partial charge in [-0.05, 0) is 55.9 Å². The van der Waals surface area contributed by atoms with Crippen molar-refractivity contribution >= 4 is 11.8 Å². The van der Waals surface area contributed by atoms with Crippen LogP contribution in [0.15, 0.2) is 77.1 Å². The number of nitrogens with one attached hydrogen (secondary N) is 1. The lowest BCUT2D eigenvalue weighted by Crippen LogP contribution is -2.36. The van der Waals surface area contributed by atoms with Crippen molar-refractivity contribution in [1.82, 2.24) is 5.32 Å². The lowest BCUT2D eigenvalue weighted by molar-refractivity contribution is -0.144. The maximum absolute atomic E-state index is 13.5. The SMILES string of the molecule is CC[C@@H](C)OC(=O)C1=C(C)NC2=C(C(=O)C[C@@H](c3ccccc3)C2)[C@H]1c1ccc(O)cc1. The van der Waals surface area contributed by atoms with Gasteiger partial charge < -0.3 is 15.2 Å². The molecule has 0 fully saturated rings. The number of benzene rings is 2. The van der Waals surface area contributed by atoms with Crippen molar-refractivity contribution in [2.75, 3.05) is 0 Å². The minimum Gasteiger partial charge on any atom is -0.508 e. The van der Waals surface area contributed by atoms with Gasteiger partial charge in [0, 0.05) is 29.3 Å². The second kappa shape index (κ2) is 9.03. The first-order chi connectivity index (χ1) is 15.4. The highest BCUT2D eigenvalue weighted by Crippen LogP contribution is 2.45. The molecule has 0 saturated heterocycles. The average Bonchev–Trinajstić information content (AvgIpc) is 2.79. The summed E-state index contributed by atoms with van der Waals surface area (Å²) in [4.78, 5) is 26.7.